The molecule has 7 bridgehead atoms. The number of aliphatic hydroxyl groups is 2. The Labute approximate surface area is 203 Å². The highest BCUT2D eigenvalue weighted by Crippen LogP contribution is 2.80. The zero-order chi connectivity index (χ0) is 24.3. The van der Waals surface area contributed by atoms with Crippen LogP contribution in [0.15, 0.2) is 0 Å². The maximum atomic E-state index is 13.1. The van der Waals surface area contributed by atoms with Crippen LogP contribution < -0.4 is 0 Å². The number of likely N-dealkylation sites (tertiary alicyclic amines) is 1. The molecule has 0 aromatic rings. The molecule has 6 aliphatic rings. The molecule has 6 fully saturated rings. The van der Waals surface area contributed by atoms with Gasteiger partial charge in [0.25, 0.3) is 0 Å². The van der Waals surface area contributed by atoms with Crippen LogP contribution >= 0.6 is 0 Å². The monoisotopic (exact) mass is 481 g/mol. The number of ether oxygens (including phenoxy) is 5. The summed E-state index contributed by atoms with van der Waals surface area (Å²) >= 11 is 0. The molecule has 3 unspecified atom stereocenters. The Bertz CT molecular complexity index is 829. The van der Waals surface area contributed by atoms with Gasteiger partial charge in [0.1, 0.15) is 11.2 Å². The van der Waals surface area contributed by atoms with E-state index in [-0.39, 0.29) is 58.9 Å². The summed E-state index contributed by atoms with van der Waals surface area (Å²) in [6.45, 7) is 4.41. The van der Waals surface area contributed by atoms with Crippen molar-refractivity contribution in [1.29, 1.82) is 0 Å². The Morgan fingerprint density at radius 3 is 2.35 bits per heavy atom. The predicted molar refractivity (Wildman–Crippen MR) is 123 cm³/mol. The molecule has 2 N–H and O–H groups in total. The van der Waals surface area contributed by atoms with Crippen LogP contribution in [0.25, 0.3) is 0 Å². The lowest BCUT2D eigenvalue weighted by atomic mass is 9.42. The van der Waals surface area contributed by atoms with Gasteiger partial charge in [-0.05, 0) is 31.7 Å². The molecular weight excluding hydrogens is 438 g/mol. The number of hydrogen-bond acceptors (Lipinski definition) is 8. The van der Waals surface area contributed by atoms with Gasteiger partial charge in [0, 0.05) is 77.1 Å². The summed E-state index contributed by atoms with van der Waals surface area (Å²) < 4.78 is 30.7. The lowest BCUT2D eigenvalue weighted by Gasteiger charge is -2.70. The van der Waals surface area contributed by atoms with Crippen molar-refractivity contribution in [2.75, 3.05) is 55.2 Å². The summed E-state index contributed by atoms with van der Waals surface area (Å²) in [6, 6.07) is -0.256. The zero-order valence-electron chi connectivity index (χ0n) is 21.5. The second-order valence-corrected chi connectivity index (χ2v) is 12.1. The largest absolute Gasteiger partial charge is 0.386 e. The molecule has 1 aliphatic heterocycles. The lowest BCUT2D eigenvalue weighted by Crippen LogP contribution is -2.82. The third-order valence-electron chi connectivity index (χ3n) is 11.7. The van der Waals surface area contributed by atoms with Gasteiger partial charge in [-0.3, -0.25) is 4.90 Å². The highest BCUT2D eigenvalue weighted by molar-refractivity contribution is 5.41. The van der Waals surface area contributed by atoms with E-state index in [2.05, 4.69) is 11.8 Å². The maximum absolute atomic E-state index is 13.1. The Morgan fingerprint density at radius 1 is 1.00 bits per heavy atom. The van der Waals surface area contributed by atoms with Crippen LogP contribution in [0.2, 0.25) is 0 Å². The van der Waals surface area contributed by atoms with E-state index in [1.807, 2.05) is 7.11 Å². The molecule has 5 saturated carbocycles. The van der Waals surface area contributed by atoms with E-state index in [1.54, 1.807) is 28.4 Å². The molecule has 0 radical (unpaired) electrons. The highest BCUT2D eigenvalue weighted by Gasteiger charge is 2.91. The van der Waals surface area contributed by atoms with Gasteiger partial charge in [0.15, 0.2) is 0 Å². The zero-order valence-corrected chi connectivity index (χ0v) is 21.5. The SMILES string of the molecule is CCN1C[C@]2(COC)CC[C@H](OC)[C@@]34C5C[C@@H]6C(OC)C[C@@](O)(C5[C@H]6OC)[C@](O)([C@@H](OC)[C@H]23)[C@@H]14. The van der Waals surface area contributed by atoms with Crippen molar-refractivity contribution < 1.29 is 33.9 Å². The quantitative estimate of drug-likeness (QED) is 0.555. The number of methoxy groups -OCH3 is 5. The molecule has 1 spiro atoms. The Morgan fingerprint density at radius 2 is 1.76 bits per heavy atom. The van der Waals surface area contributed by atoms with Crippen LogP contribution in [0.1, 0.15) is 32.6 Å². The minimum Gasteiger partial charge on any atom is -0.386 e. The molecule has 8 heteroatoms. The van der Waals surface area contributed by atoms with E-state index >= 15 is 0 Å². The molecular formula is C26H43NO7. The number of piperidine rings is 1. The molecule has 1 heterocycles. The van der Waals surface area contributed by atoms with Gasteiger partial charge >= 0.3 is 0 Å². The molecule has 194 valence electrons. The van der Waals surface area contributed by atoms with Crippen molar-refractivity contribution in [3.8, 4) is 0 Å². The summed E-state index contributed by atoms with van der Waals surface area (Å²) in [6.07, 6.45) is 2.30. The van der Waals surface area contributed by atoms with Crippen molar-refractivity contribution in [1.82, 2.24) is 4.90 Å². The van der Waals surface area contributed by atoms with E-state index < -0.39 is 17.3 Å². The summed E-state index contributed by atoms with van der Waals surface area (Å²) in [5.41, 5.74) is -3.38. The Hall–Kier alpha value is -0.320. The molecule has 34 heavy (non-hydrogen) atoms. The van der Waals surface area contributed by atoms with Gasteiger partial charge < -0.3 is 33.9 Å². The second-order valence-electron chi connectivity index (χ2n) is 12.1. The molecule has 13 atom stereocenters. The normalized spacial score (nSPS) is 59.5. The fourth-order valence-electron chi connectivity index (χ4n) is 11.3. The molecule has 0 amide bonds. The fraction of sp³-hybridized carbons (Fsp3) is 1.00. The Balaban J connectivity index is 1.67. The average molecular weight is 482 g/mol. The van der Waals surface area contributed by atoms with Gasteiger partial charge in [-0.25, -0.2) is 0 Å². The molecule has 1 saturated heterocycles. The number of hydrogen-bond donors (Lipinski definition) is 2. The van der Waals surface area contributed by atoms with E-state index in [0.29, 0.717) is 13.0 Å². The lowest BCUT2D eigenvalue weighted by molar-refractivity contribution is -0.320. The van der Waals surface area contributed by atoms with E-state index in [0.717, 1.165) is 32.4 Å². The standard InChI is InChI=1S/C26H43NO7/c1-7-27-12-23(13-30-2)9-8-17(32-4)25-15-10-14-16(31-3)11-24(28,18(15)19(14)33-5)26(29,22(25)27)21(34-6)20(23)25/h14-22,28-29H,7-13H2,1-6H3/t14-,15?,16?,17+,18?,19+,20-,21+,22+,23+,24-,25+,26+/m1/s1. The number of nitrogens with zero attached hydrogens (tertiary/aromatic N) is 1. The van der Waals surface area contributed by atoms with Gasteiger partial charge in [0.05, 0.1) is 37.1 Å². The van der Waals surface area contributed by atoms with E-state index in [1.165, 1.54) is 0 Å². The van der Waals surface area contributed by atoms with Crippen molar-refractivity contribution >= 4 is 0 Å². The molecule has 5 aliphatic carbocycles. The topological polar surface area (TPSA) is 89.9 Å². The van der Waals surface area contributed by atoms with Crippen LogP contribution in [0, 0.1) is 34.5 Å². The fourth-order valence-corrected chi connectivity index (χ4v) is 11.3. The third-order valence-corrected chi connectivity index (χ3v) is 11.7. The minimum atomic E-state index is -1.47. The number of rotatable bonds is 7. The van der Waals surface area contributed by atoms with Crippen LogP contribution in [-0.2, 0) is 23.7 Å². The first-order valence-electron chi connectivity index (χ1n) is 13.1. The first kappa shape index (κ1) is 24.0. The predicted octanol–water partition coefficient (Wildman–Crippen LogP) is 0.925. The van der Waals surface area contributed by atoms with E-state index in [9.17, 15) is 10.2 Å². The van der Waals surface area contributed by atoms with Gasteiger partial charge in [-0.2, -0.15) is 0 Å². The Kier molecular flexibility index (Phi) is 5.38. The van der Waals surface area contributed by atoms with Gasteiger partial charge in [-0.1, -0.05) is 6.92 Å². The van der Waals surface area contributed by atoms with Crippen molar-refractivity contribution in [3.05, 3.63) is 0 Å². The van der Waals surface area contributed by atoms with E-state index in [4.69, 9.17) is 23.7 Å². The minimum absolute atomic E-state index is 0.0262. The van der Waals surface area contributed by atoms with Crippen LogP contribution in [0.3, 0.4) is 0 Å². The van der Waals surface area contributed by atoms with Crippen molar-refractivity contribution in [2.45, 2.75) is 74.3 Å². The van der Waals surface area contributed by atoms with Crippen LogP contribution in [0.4, 0.5) is 0 Å². The maximum Gasteiger partial charge on any atom is 0.136 e. The van der Waals surface area contributed by atoms with Crippen molar-refractivity contribution in [2.24, 2.45) is 34.5 Å². The molecule has 0 aromatic heterocycles. The van der Waals surface area contributed by atoms with Gasteiger partial charge in [-0.15, -0.1) is 0 Å². The van der Waals surface area contributed by atoms with Crippen LogP contribution in [0.5, 0.6) is 0 Å². The summed E-state index contributed by atoms with van der Waals surface area (Å²) in [5, 5.41) is 25.9. The smallest absolute Gasteiger partial charge is 0.136 e. The highest BCUT2D eigenvalue weighted by atomic mass is 16.5. The molecule has 8 nitrogen and oxygen atoms in total. The van der Waals surface area contributed by atoms with Gasteiger partial charge in [0.2, 0.25) is 0 Å². The van der Waals surface area contributed by atoms with Crippen LogP contribution in [-0.4, -0.2) is 112 Å². The first-order valence-corrected chi connectivity index (χ1v) is 13.1. The summed E-state index contributed by atoms with van der Waals surface area (Å²) in [7, 11) is 8.77. The summed E-state index contributed by atoms with van der Waals surface area (Å²) in [4.78, 5) is 2.43. The third kappa shape index (κ3) is 2.27. The average Bonchev–Trinajstić information content (AvgIpc) is 3.25. The second kappa shape index (κ2) is 7.60. The molecule has 6 rings (SSSR count). The molecule has 0 aromatic carbocycles. The summed E-state index contributed by atoms with van der Waals surface area (Å²) in [5.74, 6) is 0.165. The number of fused-ring (bicyclic) bond motifs is 2. The first-order chi connectivity index (χ1) is 16.3. The number of likely N-dealkylation sites (N-methyl/N-ethyl adjacent to an activating group) is 1. The van der Waals surface area contributed by atoms with Crippen molar-refractivity contribution in [3.63, 3.8) is 0 Å².